The smallest absolute Gasteiger partial charge is 0.254 e. The molecule has 0 saturated heterocycles. The second-order valence-corrected chi connectivity index (χ2v) is 8.96. The summed E-state index contributed by atoms with van der Waals surface area (Å²) in [5.74, 6) is 1.02. The van der Waals surface area contributed by atoms with E-state index in [9.17, 15) is 9.59 Å². The largest absolute Gasteiger partial charge is 0.497 e. The molecule has 1 aromatic heterocycles. The molecule has 0 radical (unpaired) electrons. The molecule has 0 spiro atoms. The van der Waals surface area contributed by atoms with Crippen LogP contribution in [0.4, 0.5) is 5.95 Å². The number of ether oxygens (including phenoxy) is 3. The van der Waals surface area contributed by atoms with Crippen molar-refractivity contribution in [3.05, 3.63) is 89.6 Å². The van der Waals surface area contributed by atoms with Crippen LogP contribution < -0.4 is 14.8 Å². The summed E-state index contributed by atoms with van der Waals surface area (Å²) in [6.07, 6.45) is 1.83. The van der Waals surface area contributed by atoms with E-state index in [-0.39, 0.29) is 25.6 Å². The van der Waals surface area contributed by atoms with Gasteiger partial charge in [-0.05, 0) is 72.8 Å². The summed E-state index contributed by atoms with van der Waals surface area (Å²) >= 11 is 5.97. The molecule has 0 aliphatic heterocycles. The van der Waals surface area contributed by atoms with Gasteiger partial charge in [0.2, 0.25) is 11.9 Å². The lowest BCUT2D eigenvalue weighted by Gasteiger charge is -2.22. The number of anilines is 1. The molecule has 4 rings (SSSR count). The molecular weight excluding hydrogens is 520 g/mol. The molecule has 0 atom stereocenters. The molecule has 9 nitrogen and oxygen atoms in total. The Morgan fingerprint density at radius 2 is 1.51 bits per heavy atom. The summed E-state index contributed by atoms with van der Waals surface area (Å²) in [7, 11) is 4.74. The lowest BCUT2D eigenvalue weighted by Crippen LogP contribution is -2.40. The van der Waals surface area contributed by atoms with E-state index in [2.05, 4.69) is 5.32 Å². The van der Waals surface area contributed by atoms with E-state index in [4.69, 9.17) is 30.8 Å². The molecule has 1 heterocycles. The highest BCUT2D eigenvalue weighted by Gasteiger charge is 2.21. The first-order valence-electron chi connectivity index (χ1n) is 12.1. The minimum atomic E-state index is -0.407. The molecule has 4 aromatic rings. The fourth-order valence-corrected chi connectivity index (χ4v) is 4.00. The zero-order chi connectivity index (χ0) is 27.8. The molecule has 0 bridgehead atoms. The van der Waals surface area contributed by atoms with Gasteiger partial charge >= 0.3 is 0 Å². The van der Waals surface area contributed by atoms with Crippen molar-refractivity contribution in [3.63, 3.8) is 0 Å². The van der Waals surface area contributed by atoms with Gasteiger partial charge in [0, 0.05) is 41.7 Å². The summed E-state index contributed by atoms with van der Waals surface area (Å²) < 4.78 is 17.5. The number of nitrogens with one attached hydrogen (secondary N) is 1. The molecule has 0 fully saturated rings. The van der Waals surface area contributed by atoms with Crippen LogP contribution in [-0.4, -0.2) is 67.3 Å². The van der Waals surface area contributed by atoms with Gasteiger partial charge in [0.05, 0.1) is 26.5 Å². The Labute approximate surface area is 231 Å². The van der Waals surface area contributed by atoms with Gasteiger partial charge in [-0.3, -0.25) is 19.5 Å². The maximum Gasteiger partial charge on any atom is 0.254 e. The van der Waals surface area contributed by atoms with Crippen LogP contribution in [0, 0.1) is 0 Å². The Morgan fingerprint density at radius 1 is 0.897 bits per heavy atom. The van der Waals surface area contributed by atoms with Gasteiger partial charge in [0.15, 0.2) is 0 Å². The fraction of sp³-hybridized carbons (Fsp3) is 0.207. The van der Waals surface area contributed by atoms with Crippen molar-refractivity contribution in [1.82, 2.24) is 14.5 Å². The van der Waals surface area contributed by atoms with E-state index in [1.165, 1.54) is 12.0 Å². The van der Waals surface area contributed by atoms with Crippen molar-refractivity contribution >= 4 is 29.4 Å². The molecule has 0 aliphatic carbocycles. The maximum absolute atomic E-state index is 13.2. The Balaban J connectivity index is 1.61. The Morgan fingerprint density at radius 3 is 2.10 bits per heavy atom. The predicted octanol–water partition coefficient (Wildman–Crippen LogP) is 4.94. The number of methoxy groups -OCH3 is 3. The number of carbonyl (C=O) groups excluding carboxylic acids is 2. The Bertz CT molecular complexity index is 1400. The summed E-state index contributed by atoms with van der Waals surface area (Å²) in [6, 6.07) is 21.4. The molecule has 202 valence electrons. The average molecular weight is 549 g/mol. The van der Waals surface area contributed by atoms with Crippen LogP contribution in [0.3, 0.4) is 0 Å². The van der Waals surface area contributed by atoms with Crippen molar-refractivity contribution in [2.75, 3.05) is 46.3 Å². The summed E-state index contributed by atoms with van der Waals surface area (Å²) in [5, 5.41) is 3.39. The molecule has 3 aromatic carbocycles. The van der Waals surface area contributed by atoms with Crippen LogP contribution in [0.5, 0.6) is 11.5 Å². The molecular formula is C29H29ClN4O5. The highest BCUT2D eigenvalue weighted by molar-refractivity contribution is 6.30. The van der Waals surface area contributed by atoms with Crippen LogP contribution in [0.25, 0.3) is 16.9 Å². The number of benzene rings is 3. The summed E-state index contributed by atoms with van der Waals surface area (Å²) in [6.45, 7) is 0.308. The first-order valence-corrected chi connectivity index (χ1v) is 12.5. The number of carbonyl (C=O) groups is 2. The molecule has 39 heavy (non-hydrogen) atoms. The summed E-state index contributed by atoms with van der Waals surface area (Å²) in [5.41, 5.74) is 2.69. The number of hydrogen-bond acceptors (Lipinski definition) is 6. The van der Waals surface area contributed by atoms with Crippen LogP contribution in [0.1, 0.15) is 10.4 Å². The lowest BCUT2D eigenvalue weighted by atomic mass is 10.1. The van der Waals surface area contributed by atoms with Gasteiger partial charge in [0.25, 0.3) is 5.91 Å². The number of rotatable bonds is 11. The second kappa shape index (κ2) is 12.9. The van der Waals surface area contributed by atoms with Crippen LogP contribution >= 0.6 is 11.6 Å². The highest BCUT2D eigenvalue weighted by atomic mass is 35.5. The van der Waals surface area contributed by atoms with Gasteiger partial charge in [-0.2, -0.15) is 0 Å². The molecule has 0 aliphatic rings. The number of imidazole rings is 1. The number of nitrogens with zero attached hydrogens (tertiary/aromatic N) is 3. The van der Waals surface area contributed by atoms with Crippen molar-refractivity contribution in [1.29, 1.82) is 0 Å². The van der Waals surface area contributed by atoms with E-state index in [0.29, 0.717) is 28.0 Å². The molecule has 0 saturated carbocycles. The Kier molecular flexibility index (Phi) is 9.19. The van der Waals surface area contributed by atoms with Gasteiger partial charge < -0.3 is 19.1 Å². The van der Waals surface area contributed by atoms with Crippen LogP contribution in [0.2, 0.25) is 5.02 Å². The average Bonchev–Trinajstić information content (AvgIpc) is 3.38. The van der Waals surface area contributed by atoms with Crippen LogP contribution in [-0.2, 0) is 9.53 Å². The van der Waals surface area contributed by atoms with Gasteiger partial charge in [-0.1, -0.05) is 11.6 Å². The zero-order valence-corrected chi connectivity index (χ0v) is 22.6. The van der Waals surface area contributed by atoms with Crippen molar-refractivity contribution in [2.45, 2.75) is 0 Å². The predicted molar refractivity (Wildman–Crippen MR) is 150 cm³/mol. The molecule has 0 unspecified atom stereocenters. The molecule has 1 N–H and O–H groups in total. The maximum atomic E-state index is 13.2. The number of halogens is 1. The normalized spacial score (nSPS) is 10.7. The molecule has 10 heteroatoms. The van der Waals surface area contributed by atoms with Gasteiger partial charge in [-0.15, -0.1) is 0 Å². The minimum Gasteiger partial charge on any atom is -0.497 e. The quantitative estimate of drug-likeness (QED) is 0.285. The third-order valence-electron chi connectivity index (χ3n) is 5.97. The third kappa shape index (κ3) is 6.95. The SMILES string of the molecule is COCCN(CC(=O)Nc1nc(-c2ccc(OC)cc2)cn1-c1ccc(OC)cc1)C(=O)c1ccc(Cl)cc1. The first kappa shape index (κ1) is 27.7. The monoisotopic (exact) mass is 548 g/mol. The summed E-state index contributed by atoms with van der Waals surface area (Å²) in [4.78, 5) is 32.5. The Hall–Kier alpha value is -4.34. The standard InChI is InChI=1S/C29H29ClN4O5/c1-37-17-16-33(28(36)21-4-8-22(30)9-5-21)19-27(35)32-29-31-26(20-6-12-24(38-2)13-7-20)18-34(29)23-10-14-25(39-3)15-11-23/h4-15,18H,16-17,19H2,1-3H3,(H,31,32,35). The van der Waals surface area contributed by atoms with Crippen molar-refractivity contribution < 1.29 is 23.8 Å². The molecule has 2 amide bonds. The van der Waals surface area contributed by atoms with E-state index in [0.717, 1.165) is 17.0 Å². The van der Waals surface area contributed by atoms with Gasteiger partial charge in [0.1, 0.15) is 18.0 Å². The topological polar surface area (TPSA) is 94.9 Å². The van der Waals surface area contributed by atoms with Gasteiger partial charge in [-0.25, -0.2) is 4.98 Å². The van der Waals surface area contributed by atoms with E-state index in [1.54, 1.807) is 43.1 Å². The first-order chi connectivity index (χ1) is 18.9. The van der Waals surface area contributed by atoms with E-state index < -0.39 is 5.91 Å². The van der Waals surface area contributed by atoms with Crippen molar-refractivity contribution in [3.8, 4) is 28.4 Å². The van der Waals surface area contributed by atoms with Crippen LogP contribution in [0.15, 0.2) is 79.0 Å². The number of aromatic nitrogens is 2. The number of amides is 2. The number of hydrogen-bond donors (Lipinski definition) is 1. The fourth-order valence-electron chi connectivity index (χ4n) is 3.88. The van der Waals surface area contributed by atoms with E-state index >= 15 is 0 Å². The van der Waals surface area contributed by atoms with Crippen molar-refractivity contribution in [2.24, 2.45) is 0 Å². The zero-order valence-electron chi connectivity index (χ0n) is 21.9. The minimum absolute atomic E-state index is 0.196. The highest BCUT2D eigenvalue weighted by Crippen LogP contribution is 2.27. The lowest BCUT2D eigenvalue weighted by molar-refractivity contribution is -0.117. The third-order valence-corrected chi connectivity index (χ3v) is 6.22. The second-order valence-electron chi connectivity index (χ2n) is 8.52. The van der Waals surface area contributed by atoms with E-state index in [1.807, 2.05) is 54.7 Å².